The van der Waals surface area contributed by atoms with Gasteiger partial charge in [0.1, 0.15) is 6.10 Å². The molecule has 1 spiro atoms. The van der Waals surface area contributed by atoms with E-state index in [4.69, 9.17) is 14.6 Å². The van der Waals surface area contributed by atoms with Crippen LogP contribution in [0.5, 0.6) is 0 Å². The average Bonchev–Trinajstić information content (AvgIpc) is 2.90. The third kappa shape index (κ3) is 2.78. The molecule has 1 unspecified atom stereocenters. The Morgan fingerprint density at radius 2 is 1.95 bits per heavy atom. The van der Waals surface area contributed by atoms with E-state index in [2.05, 4.69) is 5.48 Å². The second kappa shape index (κ2) is 5.28. The van der Waals surface area contributed by atoms with E-state index in [0.717, 1.165) is 12.1 Å². The predicted molar refractivity (Wildman–Crippen MR) is 68.1 cm³/mol. The first kappa shape index (κ1) is 12.6. The minimum Gasteiger partial charge on any atom is -0.297 e. The maximum absolute atomic E-state index is 11.9. The molecule has 1 saturated carbocycles. The summed E-state index contributed by atoms with van der Waals surface area (Å²) >= 11 is 0. The van der Waals surface area contributed by atoms with E-state index in [1.54, 1.807) is 0 Å². The summed E-state index contributed by atoms with van der Waals surface area (Å²) in [6, 6.07) is 9.54. The molecule has 0 amide bonds. The molecule has 5 heteroatoms. The number of carbonyl (C=O) groups is 1. The van der Waals surface area contributed by atoms with Crippen LogP contribution in [0.4, 0.5) is 5.69 Å². The highest BCUT2D eigenvalue weighted by Crippen LogP contribution is 2.39. The Kier molecular flexibility index (Phi) is 3.50. The summed E-state index contributed by atoms with van der Waals surface area (Å²) in [5.41, 5.74) is 3.63. The molecule has 0 aromatic heterocycles. The van der Waals surface area contributed by atoms with E-state index in [1.165, 1.54) is 0 Å². The standard InChI is InChI=1S/C14H17NO4/c16-12-6-7-14(9-17-18-10-14)8-13(12)19-15-11-4-2-1-3-5-11/h1-5,13,15H,6-10H2. The van der Waals surface area contributed by atoms with Crippen molar-refractivity contribution in [2.75, 3.05) is 18.7 Å². The zero-order chi connectivity index (χ0) is 13.1. The number of hydrogen-bond donors (Lipinski definition) is 1. The smallest absolute Gasteiger partial charge is 0.164 e. The maximum atomic E-state index is 11.9. The molecule has 0 radical (unpaired) electrons. The lowest BCUT2D eigenvalue weighted by Crippen LogP contribution is -2.41. The van der Waals surface area contributed by atoms with Gasteiger partial charge in [-0.25, -0.2) is 9.78 Å². The SMILES string of the molecule is O=C1CCC2(COOC2)CC1ONc1ccccc1. The largest absolute Gasteiger partial charge is 0.297 e. The van der Waals surface area contributed by atoms with Crippen LogP contribution in [0.15, 0.2) is 30.3 Å². The normalized spacial score (nSPS) is 25.7. The number of nitrogens with one attached hydrogen (secondary N) is 1. The van der Waals surface area contributed by atoms with Gasteiger partial charge in [-0.2, -0.15) is 0 Å². The van der Waals surface area contributed by atoms with E-state index < -0.39 is 6.10 Å². The van der Waals surface area contributed by atoms with Crippen LogP contribution in [0, 0.1) is 5.41 Å². The minimum atomic E-state index is -0.431. The number of ketones is 1. The minimum absolute atomic E-state index is 0.0586. The lowest BCUT2D eigenvalue weighted by molar-refractivity contribution is -0.248. The van der Waals surface area contributed by atoms with Gasteiger partial charge in [-0.05, 0) is 25.0 Å². The zero-order valence-electron chi connectivity index (χ0n) is 10.6. The first-order chi connectivity index (χ1) is 9.27. The zero-order valence-corrected chi connectivity index (χ0v) is 10.6. The Bertz CT molecular complexity index is 442. The van der Waals surface area contributed by atoms with Gasteiger partial charge in [0, 0.05) is 11.8 Å². The maximum Gasteiger partial charge on any atom is 0.164 e. The summed E-state index contributed by atoms with van der Waals surface area (Å²) in [5.74, 6) is 0.140. The molecule has 1 aromatic rings. The molecule has 1 N–H and O–H groups in total. The van der Waals surface area contributed by atoms with Crippen LogP contribution in [-0.2, 0) is 19.4 Å². The van der Waals surface area contributed by atoms with Crippen molar-refractivity contribution in [3.8, 4) is 0 Å². The lowest BCUT2D eigenvalue weighted by atomic mass is 9.74. The molecule has 3 rings (SSSR count). The Morgan fingerprint density at radius 3 is 2.68 bits per heavy atom. The second-order valence-electron chi connectivity index (χ2n) is 5.27. The van der Waals surface area contributed by atoms with Gasteiger partial charge in [0.25, 0.3) is 0 Å². The van der Waals surface area contributed by atoms with Crippen molar-refractivity contribution in [1.29, 1.82) is 0 Å². The van der Waals surface area contributed by atoms with Gasteiger partial charge < -0.3 is 0 Å². The summed E-state index contributed by atoms with van der Waals surface area (Å²) in [5, 5.41) is 0. The van der Waals surface area contributed by atoms with Gasteiger partial charge in [0.05, 0.1) is 18.9 Å². The van der Waals surface area contributed by atoms with Crippen LogP contribution in [-0.4, -0.2) is 25.1 Å². The van der Waals surface area contributed by atoms with Crippen molar-refractivity contribution in [2.45, 2.75) is 25.4 Å². The second-order valence-corrected chi connectivity index (χ2v) is 5.27. The Morgan fingerprint density at radius 1 is 1.21 bits per heavy atom. The van der Waals surface area contributed by atoms with Gasteiger partial charge in [0.15, 0.2) is 5.78 Å². The van der Waals surface area contributed by atoms with E-state index in [0.29, 0.717) is 26.1 Å². The number of benzene rings is 1. The third-order valence-corrected chi connectivity index (χ3v) is 3.79. The van der Waals surface area contributed by atoms with Crippen molar-refractivity contribution in [3.63, 3.8) is 0 Å². The molecule has 2 fully saturated rings. The Labute approximate surface area is 111 Å². The fourth-order valence-electron chi connectivity index (χ4n) is 2.55. The number of rotatable bonds is 3. The topological polar surface area (TPSA) is 56.8 Å². The fourth-order valence-corrected chi connectivity index (χ4v) is 2.55. The monoisotopic (exact) mass is 263 g/mol. The van der Waals surface area contributed by atoms with Gasteiger partial charge in [-0.1, -0.05) is 18.2 Å². The van der Waals surface area contributed by atoms with Crippen molar-refractivity contribution in [1.82, 2.24) is 0 Å². The van der Waals surface area contributed by atoms with E-state index in [1.807, 2.05) is 30.3 Å². The van der Waals surface area contributed by atoms with Gasteiger partial charge >= 0.3 is 0 Å². The van der Waals surface area contributed by atoms with Crippen molar-refractivity contribution >= 4 is 11.5 Å². The van der Waals surface area contributed by atoms with Crippen LogP contribution in [0.1, 0.15) is 19.3 Å². The molecule has 1 aliphatic carbocycles. The Hall–Kier alpha value is -1.43. The molecule has 5 nitrogen and oxygen atoms in total. The van der Waals surface area contributed by atoms with Crippen LogP contribution >= 0.6 is 0 Å². The number of anilines is 1. The molecule has 1 saturated heterocycles. The highest BCUT2D eigenvalue weighted by Gasteiger charge is 2.45. The molecule has 19 heavy (non-hydrogen) atoms. The predicted octanol–water partition coefficient (Wildman–Crippen LogP) is 2.10. The number of carbonyl (C=O) groups excluding carboxylic acids is 1. The quantitative estimate of drug-likeness (QED) is 0.668. The first-order valence-electron chi connectivity index (χ1n) is 6.51. The number of Topliss-reactive ketones (excluding diaryl/α,β-unsaturated/α-hetero) is 1. The summed E-state index contributed by atoms with van der Waals surface area (Å²) in [7, 11) is 0. The summed E-state index contributed by atoms with van der Waals surface area (Å²) in [6.07, 6.45) is 1.55. The highest BCUT2D eigenvalue weighted by molar-refractivity contribution is 5.84. The summed E-state index contributed by atoms with van der Waals surface area (Å²) < 4.78 is 0. The third-order valence-electron chi connectivity index (χ3n) is 3.79. The molecular weight excluding hydrogens is 246 g/mol. The van der Waals surface area contributed by atoms with Crippen LogP contribution in [0.2, 0.25) is 0 Å². The molecule has 1 heterocycles. The molecule has 1 atom stereocenters. The molecule has 2 aliphatic rings. The van der Waals surface area contributed by atoms with E-state index >= 15 is 0 Å². The van der Waals surface area contributed by atoms with E-state index in [-0.39, 0.29) is 11.2 Å². The Balaban J connectivity index is 1.61. The average molecular weight is 263 g/mol. The van der Waals surface area contributed by atoms with Crippen LogP contribution < -0.4 is 5.48 Å². The summed E-state index contributed by atoms with van der Waals surface area (Å²) in [6.45, 7) is 1.09. The van der Waals surface area contributed by atoms with Crippen LogP contribution in [0.25, 0.3) is 0 Å². The van der Waals surface area contributed by atoms with Crippen molar-refractivity contribution < 1.29 is 19.4 Å². The van der Waals surface area contributed by atoms with Gasteiger partial charge in [-0.15, -0.1) is 0 Å². The molecule has 102 valence electrons. The van der Waals surface area contributed by atoms with Gasteiger partial charge in [0.2, 0.25) is 0 Å². The van der Waals surface area contributed by atoms with E-state index in [9.17, 15) is 4.79 Å². The summed E-state index contributed by atoms with van der Waals surface area (Å²) in [4.78, 5) is 27.5. The highest BCUT2D eigenvalue weighted by atomic mass is 17.2. The number of hydrogen-bond acceptors (Lipinski definition) is 5. The first-order valence-corrected chi connectivity index (χ1v) is 6.51. The fraction of sp³-hybridized carbons (Fsp3) is 0.500. The van der Waals surface area contributed by atoms with Crippen molar-refractivity contribution in [2.24, 2.45) is 5.41 Å². The molecule has 0 bridgehead atoms. The van der Waals surface area contributed by atoms with Crippen molar-refractivity contribution in [3.05, 3.63) is 30.3 Å². The lowest BCUT2D eigenvalue weighted by Gasteiger charge is -2.33. The molecule has 1 aliphatic heterocycles. The molecule has 1 aromatic carbocycles. The number of para-hydroxylation sites is 1. The van der Waals surface area contributed by atoms with Crippen LogP contribution in [0.3, 0.4) is 0 Å². The molecular formula is C14H17NO4. The van der Waals surface area contributed by atoms with Gasteiger partial charge in [-0.3, -0.25) is 15.1 Å².